The van der Waals surface area contributed by atoms with Gasteiger partial charge in [0, 0.05) is 71.8 Å². The van der Waals surface area contributed by atoms with Gasteiger partial charge in [0.25, 0.3) is 17.7 Å². The molecule has 1 aliphatic heterocycles. The Labute approximate surface area is 385 Å². The molecule has 4 atom stereocenters. The second kappa shape index (κ2) is 26.5. The number of hydrogen-bond donors (Lipinski definition) is 9. The van der Waals surface area contributed by atoms with Crippen molar-refractivity contribution in [1.82, 2.24) is 31.6 Å². The van der Waals surface area contributed by atoms with E-state index in [1.54, 1.807) is 18.2 Å². The average Bonchev–Trinajstić information content (AvgIpc) is 3.52. The molecular formula is C41H53IN6O17. The molecule has 0 aromatic heterocycles. The quantitative estimate of drug-likeness (QED) is 0.0331. The van der Waals surface area contributed by atoms with Crippen molar-refractivity contribution in [3.8, 4) is 0 Å². The minimum absolute atomic E-state index is 0.00312. The summed E-state index contributed by atoms with van der Waals surface area (Å²) < 4.78 is 0.894. The lowest BCUT2D eigenvalue weighted by Crippen LogP contribution is -2.48. The topological polar surface area (TPSA) is 358 Å². The molecule has 9 N–H and O–H groups in total. The second-order valence-electron chi connectivity index (χ2n) is 15.8. The minimum atomic E-state index is -1.45. The van der Waals surface area contributed by atoms with Gasteiger partial charge in [0.1, 0.15) is 6.04 Å². The molecule has 0 spiro atoms. The van der Waals surface area contributed by atoms with Crippen LogP contribution in [0.1, 0.15) is 113 Å². The molecule has 356 valence electrons. The van der Waals surface area contributed by atoms with Gasteiger partial charge in [-0.3, -0.25) is 47.9 Å². The molecule has 1 aliphatic carbocycles. The van der Waals surface area contributed by atoms with Gasteiger partial charge in [-0.2, -0.15) is 0 Å². The fourth-order valence-electron chi connectivity index (χ4n) is 7.23. The number of hydroxylamine groups is 2. The average molecular weight is 1030 g/mol. The third kappa shape index (κ3) is 19.6. The summed E-state index contributed by atoms with van der Waals surface area (Å²) in [4.78, 5) is 152. The Bertz CT molecular complexity index is 1960. The zero-order valence-corrected chi connectivity index (χ0v) is 37.4. The summed E-state index contributed by atoms with van der Waals surface area (Å²) in [5.74, 6) is -12.8. The Hall–Kier alpha value is -6.21. The van der Waals surface area contributed by atoms with Gasteiger partial charge in [0.2, 0.25) is 23.6 Å². The predicted molar refractivity (Wildman–Crippen MR) is 229 cm³/mol. The number of carboxylic acids is 4. The number of halogens is 1. The van der Waals surface area contributed by atoms with Crippen LogP contribution in [0.3, 0.4) is 0 Å². The highest BCUT2D eigenvalue weighted by Gasteiger charge is 2.38. The Morgan fingerprint density at radius 2 is 1.14 bits per heavy atom. The number of rotatable bonds is 27. The van der Waals surface area contributed by atoms with E-state index in [0.29, 0.717) is 36.4 Å². The Morgan fingerprint density at radius 3 is 1.63 bits per heavy atom. The van der Waals surface area contributed by atoms with Gasteiger partial charge in [-0.1, -0.05) is 18.9 Å². The molecule has 1 aromatic rings. The van der Waals surface area contributed by atoms with Gasteiger partial charge in [-0.15, -0.1) is 5.06 Å². The first-order chi connectivity index (χ1) is 30.7. The van der Waals surface area contributed by atoms with E-state index in [0.717, 1.165) is 3.57 Å². The van der Waals surface area contributed by atoms with E-state index in [1.807, 2.05) is 6.07 Å². The molecule has 23 nitrogen and oxygen atoms in total. The molecule has 3 rings (SSSR count). The number of hydrogen-bond acceptors (Lipinski definition) is 13. The zero-order chi connectivity index (χ0) is 48.2. The highest BCUT2D eigenvalue weighted by molar-refractivity contribution is 14.1. The SMILES string of the molecule is O=C(O)C[C@@H](CC(=O)N[C@@H](CC(=O)O)CC(=O)N[C@H](CCCCCNC(=O)c1cccc(I)c1)C(=O)O)NC(=O)C[C@H](CC(=O)O)NC(=O)[C@H]1CC[C@H](C(=O)ON2C(=O)CCC2=O)CC1. The lowest BCUT2D eigenvalue weighted by Gasteiger charge is -2.28. The van der Waals surface area contributed by atoms with Crippen LogP contribution in [-0.4, -0.2) is 127 Å². The summed E-state index contributed by atoms with van der Waals surface area (Å²) in [6.07, 6.45) is -2.58. The molecule has 65 heavy (non-hydrogen) atoms. The maximum atomic E-state index is 13.1. The van der Waals surface area contributed by atoms with Crippen LogP contribution < -0.4 is 26.6 Å². The zero-order valence-electron chi connectivity index (χ0n) is 35.2. The standard InChI is InChI=1S/C41H53IN6O17/c42-25-6-4-5-24(15-25)38(60)43-14-3-1-2-7-29(40(62)63)47-32(51)17-27(20-36(56)57)45-30(49)16-26(19-35(54)55)44-31(50)18-28(21-37(58)59)46-39(61)22-8-10-23(11-9-22)41(64)65-48-33(52)12-13-34(48)53/h4-6,15,22-23,26-29H,1-3,7-14,16-21H2,(H,43,60)(H,44,50)(H,45,49)(H,46,61)(H,47,51)(H,54,55)(H,56,57)(H,58,59)(H,62,63)/t22-,23-,26-,27-,28-,29-/m1/s1. The number of benzene rings is 1. The molecule has 0 unspecified atom stereocenters. The van der Waals surface area contributed by atoms with Crippen LogP contribution >= 0.6 is 22.6 Å². The van der Waals surface area contributed by atoms with Crippen LogP contribution in [0.15, 0.2) is 24.3 Å². The fraction of sp³-hybridized carbons (Fsp3) is 0.561. The first-order valence-corrected chi connectivity index (χ1v) is 22.0. The number of imide groups is 1. The summed E-state index contributed by atoms with van der Waals surface area (Å²) in [6.45, 7) is 0.328. The van der Waals surface area contributed by atoms with Crippen molar-refractivity contribution >= 4 is 93.8 Å². The molecule has 1 aromatic carbocycles. The van der Waals surface area contributed by atoms with E-state index in [9.17, 15) is 78.0 Å². The van der Waals surface area contributed by atoms with Crippen LogP contribution in [0.4, 0.5) is 0 Å². The van der Waals surface area contributed by atoms with E-state index in [4.69, 9.17) is 4.84 Å². The lowest BCUT2D eigenvalue weighted by atomic mass is 9.81. The van der Waals surface area contributed by atoms with Crippen molar-refractivity contribution in [2.75, 3.05) is 6.54 Å². The summed E-state index contributed by atoms with van der Waals surface area (Å²) in [6, 6.07) is 1.53. The van der Waals surface area contributed by atoms with Gasteiger partial charge in [0.05, 0.1) is 25.2 Å². The molecule has 2 fully saturated rings. The Morgan fingerprint density at radius 1 is 0.646 bits per heavy atom. The van der Waals surface area contributed by atoms with Crippen LogP contribution in [0.25, 0.3) is 0 Å². The van der Waals surface area contributed by atoms with Gasteiger partial charge in [-0.05, 0) is 79.3 Å². The van der Waals surface area contributed by atoms with Crippen molar-refractivity contribution in [2.24, 2.45) is 11.8 Å². The van der Waals surface area contributed by atoms with Crippen molar-refractivity contribution in [1.29, 1.82) is 0 Å². The molecule has 0 bridgehead atoms. The molecule has 1 saturated heterocycles. The summed E-state index contributed by atoms with van der Waals surface area (Å²) in [7, 11) is 0. The molecule has 2 aliphatic rings. The lowest BCUT2D eigenvalue weighted by molar-refractivity contribution is -0.201. The molecule has 24 heteroatoms. The highest BCUT2D eigenvalue weighted by Crippen LogP contribution is 2.31. The van der Waals surface area contributed by atoms with Gasteiger partial charge >= 0.3 is 29.8 Å². The smallest absolute Gasteiger partial charge is 0.336 e. The fourth-order valence-corrected chi connectivity index (χ4v) is 7.77. The van der Waals surface area contributed by atoms with Crippen molar-refractivity contribution in [3.05, 3.63) is 33.4 Å². The van der Waals surface area contributed by atoms with E-state index in [-0.39, 0.29) is 50.9 Å². The van der Waals surface area contributed by atoms with Crippen LogP contribution in [-0.2, 0) is 57.6 Å². The number of amides is 7. The summed E-state index contributed by atoms with van der Waals surface area (Å²) >= 11 is 2.09. The number of carboxylic acid groups (broad SMARTS) is 4. The monoisotopic (exact) mass is 1030 g/mol. The van der Waals surface area contributed by atoms with Crippen molar-refractivity contribution < 1.29 is 82.8 Å². The second-order valence-corrected chi connectivity index (χ2v) is 17.0. The number of aliphatic carboxylic acids is 4. The summed E-state index contributed by atoms with van der Waals surface area (Å²) in [5, 5.41) is 50.7. The number of carbonyl (C=O) groups is 12. The molecular weight excluding hydrogens is 975 g/mol. The minimum Gasteiger partial charge on any atom is -0.481 e. The van der Waals surface area contributed by atoms with Gasteiger partial charge in [-0.25, -0.2) is 9.59 Å². The molecule has 1 heterocycles. The largest absolute Gasteiger partial charge is 0.481 e. The number of unbranched alkanes of at least 4 members (excludes halogenated alkanes) is 2. The number of carbonyl (C=O) groups excluding carboxylic acids is 8. The Balaban J connectivity index is 1.49. The first-order valence-electron chi connectivity index (χ1n) is 20.9. The highest BCUT2D eigenvalue weighted by atomic mass is 127. The van der Waals surface area contributed by atoms with Crippen molar-refractivity contribution in [2.45, 2.75) is 127 Å². The van der Waals surface area contributed by atoms with Crippen LogP contribution in [0.5, 0.6) is 0 Å². The van der Waals surface area contributed by atoms with Gasteiger partial charge in [0.15, 0.2) is 0 Å². The first kappa shape index (κ1) is 53.1. The molecule has 0 radical (unpaired) electrons. The maximum Gasteiger partial charge on any atom is 0.336 e. The van der Waals surface area contributed by atoms with Gasteiger partial charge < -0.3 is 51.8 Å². The Kier molecular flexibility index (Phi) is 21.7. The normalized spacial score (nSPS) is 17.6. The number of nitrogens with one attached hydrogen (secondary N) is 5. The molecule has 1 saturated carbocycles. The van der Waals surface area contributed by atoms with E-state index >= 15 is 0 Å². The third-order valence-corrected chi connectivity index (χ3v) is 11.1. The number of nitrogens with zero attached hydrogens (tertiary/aromatic N) is 1. The van der Waals surface area contributed by atoms with E-state index in [1.165, 1.54) is 0 Å². The maximum absolute atomic E-state index is 13.1. The third-order valence-electron chi connectivity index (χ3n) is 10.4. The van der Waals surface area contributed by atoms with Crippen molar-refractivity contribution in [3.63, 3.8) is 0 Å². The van der Waals surface area contributed by atoms with Crippen LogP contribution in [0.2, 0.25) is 0 Å². The van der Waals surface area contributed by atoms with Crippen LogP contribution in [0, 0.1) is 15.4 Å². The summed E-state index contributed by atoms with van der Waals surface area (Å²) in [5.41, 5.74) is 0.495. The van der Waals surface area contributed by atoms with E-state index < -0.39 is 140 Å². The van der Waals surface area contributed by atoms with E-state index in [2.05, 4.69) is 49.2 Å². The molecule has 7 amide bonds. The predicted octanol–water partition coefficient (Wildman–Crippen LogP) is 0.613.